The van der Waals surface area contributed by atoms with E-state index in [2.05, 4.69) is 15.2 Å². The summed E-state index contributed by atoms with van der Waals surface area (Å²) in [5.74, 6) is 0.885. The average Bonchev–Trinajstić information content (AvgIpc) is 3.13. The Morgan fingerprint density at radius 2 is 2.17 bits per heavy atom. The molecule has 5 nitrogen and oxygen atoms in total. The molecule has 1 saturated heterocycles. The summed E-state index contributed by atoms with van der Waals surface area (Å²) in [6.45, 7) is 12.2. The fourth-order valence-corrected chi connectivity index (χ4v) is 3.79. The van der Waals surface area contributed by atoms with Gasteiger partial charge in [-0.1, -0.05) is 0 Å². The van der Waals surface area contributed by atoms with Gasteiger partial charge in [-0.15, -0.1) is 23.7 Å². The van der Waals surface area contributed by atoms with Gasteiger partial charge in [0.1, 0.15) is 0 Å². The van der Waals surface area contributed by atoms with Crippen LogP contribution in [0.15, 0.2) is 5.51 Å². The second-order valence-electron chi connectivity index (χ2n) is 5.96. The molecule has 7 heteroatoms. The van der Waals surface area contributed by atoms with E-state index in [1.54, 1.807) is 11.3 Å². The molecule has 0 bridgehead atoms. The Kier molecular flexibility index (Phi) is 9.06. The maximum absolute atomic E-state index is 12.5. The molecule has 1 aliphatic heterocycles. The van der Waals surface area contributed by atoms with E-state index in [0.29, 0.717) is 12.5 Å². The Morgan fingerprint density at radius 1 is 1.43 bits per heavy atom. The van der Waals surface area contributed by atoms with Crippen molar-refractivity contribution in [1.29, 1.82) is 0 Å². The van der Waals surface area contributed by atoms with Gasteiger partial charge in [0, 0.05) is 31.1 Å². The van der Waals surface area contributed by atoms with E-state index in [1.165, 1.54) is 11.3 Å². The maximum Gasteiger partial charge on any atom is 0.236 e. The van der Waals surface area contributed by atoms with Gasteiger partial charge in [-0.25, -0.2) is 4.98 Å². The molecule has 0 radical (unpaired) electrons. The largest absolute Gasteiger partial charge is 0.342 e. The Bertz CT molecular complexity index is 472. The molecule has 0 aromatic carbocycles. The number of likely N-dealkylation sites (N-methyl/N-ethyl adjacent to an activating group) is 1. The predicted molar refractivity (Wildman–Crippen MR) is 98.3 cm³/mol. The second kappa shape index (κ2) is 10.2. The molecule has 1 unspecified atom stereocenters. The van der Waals surface area contributed by atoms with Gasteiger partial charge in [-0.3, -0.25) is 9.69 Å². The summed E-state index contributed by atoms with van der Waals surface area (Å²) in [7, 11) is 0. The van der Waals surface area contributed by atoms with Gasteiger partial charge in [-0.2, -0.15) is 0 Å². The first kappa shape index (κ1) is 20.4. The molecule has 1 N–H and O–H groups in total. The van der Waals surface area contributed by atoms with E-state index in [1.807, 2.05) is 31.2 Å². The highest BCUT2D eigenvalue weighted by Crippen LogP contribution is 2.18. The number of thiazole rings is 1. The smallest absolute Gasteiger partial charge is 0.236 e. The van der Waals surface area contributed by atoms with Gasteiger partial charge in [-0.05, 0) is 46.2 Å². The highest BCUT2D eigenvalue weighted by Gasteiger charge is 2.22. The molecule has 1 fully saturated rings. The van der Waals surface area contributed by atoms with Gasteiger partial charge >= 0.3 is 0 Å². The third-order valence-electron chi connectivity index (χ3n) is 4.37. The monoisotopic (exact) mass is 360 g/mol. The van der Waals surface area contributed by atoms with Crippen molar-refractivity contribution in [3.05, 3.63) is 16.1 Å². The van der Waals surface area contributed by atoms with Crippen LogP contribution in [-0.2, 0) is 11.3 Å². The highest BCUT2D eigenvalue weighted by atomic mass is 35.5. The molecule has 1 aliphatic rings. The number of rotatable bonds is 8. The number of carbonyl (C=O) groups excluding carboxylic acids is 1. The first-order chi connectivity index (χ1) is 10.6. The molecule has 0 aliphatic carbocycles. The van der Waals surface area contributed by atoms with E-state index < -0.39 is 0 Å². The van der Waals surface area contributed by atoms with Crippen LogP contribution in [0, 0.1) is 12.8 Å². The van der Waals surface area contributed by atoms with Crippen molar-refractivity contribution < 1.29 is 4.79 Å². The lowest BCUT2D eigenvalue weighted by Gasteiger charge is -2.27. The van der Waals surface area contributed by atoms with Crippen LogP contribution < -0.4 is 5.32 Å². The molecule has 0 spiro atoms. The number of carbonyl (C=O) groups is 1. The van der Waals surface area contributed by atoms with Crippen molar-refractivity contribution in [3.63, 3.8) is 0 Å². The fourth-order valence-electron chi connectivity index (χ4n) is 2.97. The van der Waals surface area contributed by atoms with Crippen molar-refractivity contribution in [2.45, 2.75) is 33.7 Å². The maximum atomic E-state index is 12.5. The van der Waals surface area contributed by atoms with Crippen LogP contribution in [0.5, 0.6) is 0 Å². The lowest BCUT2D eigenvalue weighted by atomic mass is 10.1. The van der Waals surface area contributed by atoms with Crippen LogP contribution in [0.2, 0.25) is 0 Å². The topological polar surface area (TPSA) is 48.5 Å². The SMILES string of the molecule is CCN(CC)C(=O)CN(Cc1scnc1C)CC1CCNC1.Cl. The number of amides is 1. The van der Waals surface area contributed by atoms with Crippen molar-refractivity contribution in [2.75, 3.05) is 39.3 Å². The molecule has 1 aromatic rings. The first-order valence-corrected chi connectivity index (χ1v) is 9.11. The molecule has 1 amide bonds. The van der Waals surface area contributed by atoms with Gasteiger partial charge < -0.3 is 10.2 Å². The number of nitrogens with one attached hydrogen (secondary N) is 1. The minimum atomic E-state index is 0. The summed E-state index contributed by atoms with van der Waals surface area (Å²) in [4.78, 5) is 22.3. The molecule has 1 aromatic heterocycles. The van der Waals surface area contributed by atoms with Crippen molar-refractivity contribution in [3.8, 4) is 0 Å². The van der Waals surface area contributed by atoms with Crippen LogP contribution in [-0.4, -0.2) is 60.0 Å². The number of halogens is 1. The van der Waals surface area contributed by atoms with Crippen LogP contribution in [0.3, 0.4) is 0 Å². The third kappa shape index (κ3) is 6.03. The Balaban J connectivity index is 0.00000264. The van der Waals surface area contributed by atoms with Crippen LogP contribution in [0.1, 0.15) is 30.8 Å². The van der Waals surface area contributed by atoms with E-state index in [0.717, 1.165) is 45.0 Å². The predicted octanol–water partition coefficient (Wildman–Crippen LogP) is 2.15. The average molecular weight is 361 g/mol. The Morgan fingerprint density at radius 3 is 2.70 bits per heavy atom. The number of aryl methyl sites for hydroxylation is 1. The zero-order valence-corrected chi connectivity index (χ0v) is 16.0. The Hall–Kier alpha value is -0.690. The van der Waals surface area contributed by atoms with Crippen LogP contribution in [0.25, 0.3) is 0 Å². The molecule has 1 atom stereocenters. The summed E-state index contributed by atoms with van der Waals surface area (Å²) in [5.41, 5.74) is 2.99. The minimum Gasteiger partial charge on any atom is -0.342 e. The molecule has 132 valence electrons. The quantitative estimate of drug-likeness (QED) is 0.771. The molecular formula is C16H29ClN4OS. The van der Waals surface area contributed by atoms with E-state index in [4.69, 9.17) is 0 Å². The second-order valence-corrected chi connectivity index (χ2v) is 6.89. The molecule has 23 heavy (non-hydrogen) atoms. The van der Waals surface area contributed by atoms with Crippen molar-refractivity contribution >= 4 is 29.7 Å². The van der Waals surface area contributed by atoms with Gasteiger partial charge in [0.05, 0.1) is 17.7 Å². The van der Waals surface area contributed by atoms with Crippen LogP contribution in [0.4, 0.5) is 0 Å². The zero-order valence-electron chi connectivity index (χ0n) is 14.4. The number of nitrogens with zero attached hydrogens (tertiary/aromatic N) is 3. The number of hydrogen-bond acceptors (Lipinski definition) is 5. The lowest BCUT2D eigenvalue weighted by molar-refractivity contribution is -0.132. The van der Waals surface area contributed by atoms with Crippen molar-refractivity contribution in [2.24, 2.45) is 5.92 Å². The van der Waals surface area contributed by atoms with E-state index in [-0.39, 0.29) is 18.3 Å². The molecule has 2 rings (SSSR count). The molecule has 0 saturated carbocycles. The normalized spacial score (nSPS) is 17.3. The first-order valence-electron chi connectivity index (χ1n) is 8.23. The van der Waals surface area contributed by atoms with E-state index in [9.17, 15) is 4.79 Å². The summed E-state index contributed by atoms with van der Waals surface area (Å²) in [6, 6.07) is 0. The number of hydrogen-bond donors (Lipinski definition) is 1. The van der Waals surface area contributed by atoms with E-state index >= 15 is 0 Å². The summed E-state index contributed by atoms with van der Waals surface area (Å²) >= 11 is 1.69. The van der Waals surface area contributed by atoms with Gasteiger partial charge in [0.2, 0.25) is 5.91 Å². The summed E-state index contributed by atoms with van der Waals surface area (Å²) in [6.07, 6.45) is 1.21. The fraction of sp³-hybridized carbons (Fsp3) is 0.750. The van der Waals surface area contributed by atoms with Gasteiger partial charge in [0.25, 0.3) is 0 Å². The van der Waals surface area contributed by atoms with Crippen LogP contribution >= 0.6 is 23.7 Å². The molecule has 2 heterocycles. The third-order valence-corrected chi connectivity index (χ3v) is 5.29. The van der Waals surface area contributed by atoms with Gasteiger partial charge in [0.15, 0.2) is 0 Å². The summed E-state index contributed by atoms with van der Waals surface area (Å²) < 4.78 is 0. The zero-order chi connectivity index (χ0) is 15.9. The summed E-state index contributed by atoms with van der Waals surface area (Å²) in [5, 5.41) is 3.41. The standard InChI is InChI=1S/C16H28N4OS.ClH/c1-4-20(5-2)16(21)11-19(9-14-6-7-17-8-14)10-15-13(3)18-12-22-15;/h12,14,17H,4-11H2,1-3H3;1H. The van der Waals surface area contributed by atoms with Crippen molar-refractivity contribution in [1.82, 2.24) is 20.1 Å². The number of aromatic nitrogens is 1. The minimum absolute atomic E-state index is 0. The lowest BCUT2D eigenvalue weighted by Crippen LogP contribution is -2.41. The highest BCUT2D eigenvalue weighted by molar-refractivity contribution is 7.09. The molecular weight excluding hydrogens is 332 g/mol. The Labute approximate surface area is 149 Å².